The van der Waals surface area contributed by atoms with Crippen LogP contribution in [0.1, 0.15) is 45.5 Å². The lowest BCUT2D eigenvalue weighted by Gasteiger charge is -2.32. The Hall–Kier alpha value is -2.82. The van der Waals surface area contributed by atoms with Crippen LogP contribution in [-0.4, -0.2) is 42.5 Å². The summed E-state index contributed by atoms with van der Waals surface area (Å²) in [7, 11) is 0. The van der Waals surface area contributed by atoms with E-state index in [1.54, 1.807) is 0 Å². The molecule has 1 fully saturated rings. The van der Waals surface area contributed by atoms with Crippen LogP contribution in [0.3, 0.4) is 0 Å². The molecule has 29 heavy (non-hydrogen) atoms. The Balaban J connectivity index is 1.48. The van der Waals surface area contributed by atoms with Crippen LogP contribution < -0.4 is 10.1 Å². The molecule has 1 aliphatic rings. The van der Waals surface area contributed by atoms with Crippen LogP contribution in [0.15, 0.2) is 36.4 Å². The van der Waals surface area contributed by atoms with Crippen LogP contribution in [0.5, 0.6) is 5.75 Å². The van der Waals surface area contributed by atoms with Crippen LogP contribution in [0.4, 0.5) is 0 Å². The first-order valence-electron chi connectivity index (χ1n) is 10.2. The molecule has 5 nitrogen and oxygen atoms in total. The van der Waals surface area contributed by atoms with Gasteiger partial charge in [-0.1, -0.05) is 30.3 Å². The summed E-state index contributed by atoms with van der Waals surface area (Å²) >= 11 is 0. The van der Waals surface area contributed by atoms with Crippen LogP contribution in [0.25, 0.3) is 0 Å². The maximum Gasteiger partial charge on any atom is 0.258 e. The first kappa shape index (κ1) is 20.9. The number of nitrogens with one attached hydrogen (secondary N) is 1. The number of carbonyl (C=O) groups excluding carboxylic acids is 2. The molecule has 0 aromatic heterocycles. The van der Waals surface area contributed by atoms with Crippen LogP contribution in [0.2, 0.25) is 0 Å². The van der Waals surface area contributed by atoms with Crippen LogP contribution in [-0.2, 0) is 4.79 Å². The minimum absolute atomic E-state index is 0.00743. The molecule has 1 heterocycles. The number of aryl methyl sites for hydroxylation is 3. The van der Waals surface area contributed by atoms with E-state index in [0.29, 0.717) is 13.1 Å². The largest absolute Gasteiger partial charge is 0.483 e. The van der Waals surface area contributed by atoms with Gasteiger partial charge >= 0.3 is 0 Å². The molecule has 1 N–H and O–H groups in total. The van der Waals surface area contributed by atoms with Gasteiger partial charge in [0.15, 0.2) is 6.61 Å². The monoisotopic (exact) mass is 394 g/mol. The number of hydrogen-bond acceptors (Lipinski definition) is 3. The number of hydrogen-bond donors (Lipinski definition) is 1. The Morgan fingerprint density at radius 3 is 2.31 bits per heavy atom. The van der Waals surface area contributed by atoms with E-state index in [-0.39, 0.29) is 24.5 Å². The number of piperidine rings is 1. The standard InChI is InChI=1S/C24H30N2O3/c1-16-9-10-18(3)23(19(16)4)29-15-22(27)25-20-11-13-26(14-12-20)24(28)21-8-6-5-7-17(21)2/h5-10,20H,11-15H2,1-4H3,(H,25,27). The third-order valence-corrected chi connectivity index (χ3v) is 5.74. The summed E-state index contributed by atoms with van der Waals surface area (Å²) < 4.78 is 5.81. The summed E-state index contributed by atoms with van der Waals surface area (Å²) in [6, 6.07) is 11.8. The van der Waals surface area contributed by atoms with Gasteiger partial charge in [0, 0.05) is 24.7 Å². The molecule has 0 bridgehead atoms. The van der Waals surface area contributed by atoms with E-state index in [9.17, 15) is 9.59 Å². The van der Waals surface area contributed by atoms with E-state index in [1.165, 1.54) is 0 Å². The number of nitrogens with zero attached hydrogens (tertiary/aromatic N) is 1. The van der Waals surface area contributed by atoms with Crippen LogP contribution in [0, 0.1) is 27.7 Å². The molecule has 1 saturated heterocycles. The summed E-state index contributed by atoms with van der Waals surface area (Å²) in [6.07, 6.45) is 1.51. The van der Waals surface area contributed by atoms with Crippen molar-refractivity contribution in [1.29, 1.82) is 0 Å². The SMILES string of the molecule is Cc1ccccc1C(=O)N1CCC(NC(=O)COc2c(C)ccc(C)c2C)CC1. The Kier molecular flexibility index (Phi) is 6.57. The zero-order valence-electron chi connectivity index (χ0n) is 17.7. The lowest BCUT2D eigenvalue weighted by atomic mass is 10.0. The normalized spacial score (nSPS) is 14.6. The average molecular weight is 395 g/mol. The third-order valence-electron chi connectivity index (χ3n) is 5.74. The molecule has 154 valence electrons. The minimum atomic E-state index is -0.117. The second kappa shape index (κ2) is 9.12. The number of benzene rings is 2. The van der Waals surface area contributed by atoms with Crippen molar-refractivity contribution in [3.05, 3.63) is 64.2 Å². The van der Waals surface area contributed by atoms with Crippen molar-refractivity contribution in [3.63, 3.8) is 0 Å². The van der Waals surface area contributed by atoms with Gasteiger partial charge in [-0.2, -0.15) is 0 Å². The highest BCUT2D eigenvalue weighted by atomic mass is 16.5. The van der Waals surface area contributed by atoms with Crippen molar-refractivity contribution in [2.75, 3.05) is 19.7 Å². The predicted molar refractivity (Wildman–Crippen MR) is 114 cm³/mol. The molecular weight excluding hydrogens is 364 g/mol. The Bertz CT molecular complexity index is 899. The molecular formula is C24H30N2O3. The minimum Gasteiger partial charge on any atom is -0.483 e. The van der Waals surface area contributed by atoms with Gasteiger partial charge in [-0.15, -0.1) is 0 Å². The van der Waals surface area contributed by atoms with Crippen LogP contribution >= 0.6 is 0 Å². The molecule has 2 aromatic rings. The average Bonchev–Trinajstić information content (AvgIpc) is 2.71. The Morgan fingerprint density at radius 1 is 0.966 bits per heavy atom. The lowest BCUT2D eigenvalue weighted by Crippen LogP contribution is -2.47. The molecule has 1 aliphatic heterocycles. The maximum absolute atomic E-state index is 12.7. The summed E-state index contributed by atoms with van der Waals surface area (Å²) in [5.74, 6) is 0.745. The van der Waals surface area contributed by atoms with Gasteiger partial charge in [0.05, 0.1) is 0 Å². The highest BCUT2D eigenvalue weighted by Gasteiger charge is 2.25. The molecule has 3 rings (SSSR count). The maximum atomic E-state index is 12.7. The van der Waals surface area contributed by atoms with Gasteiger partial charge in [0.25, 0.3) is 11.8 Å². The zero-order valence-corrected chi connectivity index (χ0v) is 17.7. The molecule has 0 aliphatic carbocycles. The number of likely N-dealkylation sites (tertiary alicyclic amines) is 1. The van der Waals surface area contributed by atoms with E-state index < -0.39 is 0 Å². The quantitative estimate of drug-likeness (QED) is 0.841. The zero-order chi connectivity index (χ0) is 21.0. The molecule has 2 aromatic carbocycles. The molecule has 2 amide bonds. The van der Waals surface area contributed by atoms with Gasteiger partial charge in [0.2, 0.25) is 0 Å². The Labute approximate surface area is 173 Å². The second-order valence-electron chi connectivity index (χ2n) is 7.89. The lowest BCUT2D eigenvalue weighted by molar-refractivity contribution is -0.124. The molecule has 0 atom stereocenters. The van der Waals surface area contributed by atoms with Crippen molar-refractivity contribution >= 4 is 11.8 Å². The predicted octanol–water partition coefficient (Wildman–Crippen LogP) is 3.72. The number of ether oxygens (including phenoxy) is 1. The summed E-state index contributed by atoms with van der Waals surface area (Å²) in [5.41, 5.74) is 5.00. The van der Waals surface area contributed by atoms with Gasteiger partial charge in [-0.25, -0.2) is 0 Å². The van der Waals surface area contributed by atoms with Gasteiger partial charge in [0.1, 0.15) is 5.75 Å². The summed E-state index contributed by atoms with van der Waals surface area (Å²) in [5, 5.41) is 3.05. The fourth-order valence-electron chi connectivity index (χ4n) is 3.76. The fourth-order valence-corrected chi connectivity index (χ4v) is 3.76. The van der Waals surface area contributed by atoms with Crippen molar-refractivity contribution in [2.24, 2.45) is 0 Å². The van der Waals surface area contributed by atoms with Gasteiger partial charge < -0.3 is 15.0 Å². The summed E-state index contributed by atoms with van der Waals surface area (Å²) in [6.45, 7) is 9.29. The van der Waals surface area contributed by atoms with Gasteiger partial charge in [-0.3, -0.25) is 9.59 Å². The molecule has 0 unspecified atom stereocenters. The molecule has 0 saturated carbocycles. The molecule has 0 spiro atoms. The molecule has 5 heteroatoms. The topological polar surface area (TPSA) is 58.6 Å². The number of carbonyl (C=O) groups is 2. The second-order valence-corrected chi connectivity index (χ2v) is 7.89. The first-order valence-corrected chi connectivity index (χ1v) is 10.2. The van der Waals surface area contributed by atoms with Gasteiger partial charge in [-0.05, 0) is 68.9 Å². The number of rotatable bonds is 5. The van der Waals surface area contributed by atoms with Crippen molar-refractivity contribution < 1.29 is 14.3 Å². The van der Waals surface area contributed by atoms with E-state index in [4.69, 9.17) is 4.74 Å². The molecule has 0 radical (unpaired) electrons. The van der Waals surface area contributed by atoms with E-state index >= 15 is 0 Å². The first-order chi connectivity index (χ1) is 13.9. The third kappa shape index (κ3) is 4.97. The highest BCUT2D eigenvalue weighted by molar-refractivity contribution is 5.95. The van der Waals surface area contributed by atoms with E-state index in [0.717, 1.165) is 46.4 Å². The van der Waals surface area contributed by atoms with Crippen molar-refractivity contribution in [3.8, 4) is 5.75 Å². The van der Waals surface area contributed by atoms with E-state index in [2.05, 4.69) is 11.4 Å². The van der Waals surface area contributed by atoms with Crippen molar-refractivity contribution in [2.45, 2.75) is 46.6 Å². The highest BCUT2D eigenvalue weighted by Crippen LogP contribution is 2.25. The smallest absolute Gasteiger partial charge is 0.258 e. The van der Waals surface area contributed by atoms with E-state index in [1.807, 2.05) is 62.9 Å². The number of amides is 2. The van der Waals surface area contributed by atoms with Crippen molar-refractivity contribution in [1.82, 2.24) is 10.2 Å². The fraction of sp³-hybridized carbons (Fsp3) is 0.417. The Morgan fingerprint density at radius 2 is 1.62 bits per heavy atom. The summed E-state index contributed by atoms with van der Waals surface area (Å²) in [4.78, 5) is 27.0.